The van der Waals surface area contributed by atoms with Crippen molar-refractivity contribution in [2.24, 2.45) is 0 Å². The molecule has 0 heterocycles. The van der Waals surface area contributed by atoms with Crippen LogP contribution in [0.25, 0.3) is 0 Å². The highest BCUT2D eigenvalue weighted by Crippen LogP contribution is 2.42. The number of hydrogen-bond donors (Lipinski definition) is 2. The van der Waals surface area contributed by atoms with Gasteiger partial charge in [0.25, 0.3) is 0 Å². The van der Waals surface area contributed by atoms with E-state index in [0.29, 0.717) is 10.8 Å². The van der Waals surface area contributed by atoms with Gasteiger partial charge in [0.05, 0.1) is 0 Å². The highest BCUT2D eigenvalue weighted by molar-refractivity contribution is 8.00. The van der Waals surface area contributed by atoms with Gasteiger partial charge in [-0.05, 0) is 43.7 Å². The Morgan fingerprint density at radius 3 is 2.75 bits per heavy atom. The molecule has 0 aromatic heterocycles. The lowest BCUT2D eigenvalue weighted by Crippen LogP contribution is -2.44. The van der Waals surface area contributed by atoms with Crippen LogP contribution in [-0.4, -0.2) is 23.5 Å². The summed E-state index contributed by atoms with van der Waals surface area (Å²) in [6.45, 7) is 4.77. The van der Waals surface area contributed by atoms with E-state index in [0.717, 1.165) is 12.2 Å². The summed E-state index contributed by atoms with van der Waals surface area (Å²) >= 11 is 1.99. The van der Waals surface area contributed by atoms with Gasteiger partial charge in [0, 0.05) is 29.9 Å². The second-order valence-corrected chi connectivity index (χ2v) is 6.92. The minimum absolute atomic E-state index is 0.0291. The number of amides is 1. The molecule has 0 spiro atoms. The standard InChI is InChI=1S/C16H24N2OS/c1-12(17-11-16(20-3)8-5-9-16)14-6-4-7-15(10-14)18-13(2)19/h4,6-7,10,12,17H,5,8-9,11H2,1-3H3,(H,18,19). The number of thioether (sulfide) groups is 1. The summed E-state index contributed by atoms with van der Waals surface area (Å²) in [6, 6.07) is 8.37. The van der Waals surface area contributed by atoms with Gasteiger partial charge >= 0.3 is 0 Å². The average Bonchev–Trinajstić information content (AvgIpc) is 2.37. The maximum atomic E-state index is 11.1. The summed E-state index contributed by atoms with van der Waals surface area (Å²) in [4.78, 5) is 11.1. The molecule has 1 aromatic rings. The van der Waals surface area contributed by atoms with Gasteiger partial charge in [0.15, 0.2) is 0 Å². The number of carbonyl (C=O) groups excluding carboxylic acids is 1. The van der Waals surface area contributed by atoms with Gasteiger partial charge in [-0.1, -0.05) is 18.6 Å². The maximum Gasteiger partial charge on any atom is 0.221 e. The highest BCUT2D eigenvalue weighted by Gasteiger charge is 2.35. The van der Waals surface area contributed by atoms with Crippen LogP contribution in [0.4, 0.5) is 5.69 Å². The first-order chi connectivity index (χ1) is 9.54. The number of carbonyl (C=O) groups is 1. The van der Waals surface area contributed by atoms with Gasteiger partial charge in [-0.3, -0.25) is 4.79 Å². The van der Waals surface area contributed by atoms with Gasteiger partial charge in [0.2, 0.25) is 5.91 Å². The number of anilines is 1. The summed E-state index contributed by atoms with van der Waals surface area (Å²) in [5.41, 5.74) is 2.08. The first kappa shape index (κ1) is 15.4. The fraction of sp³-hybridized carbons (Fsp3) is 0.562. The van der Waals surface area contributed by atoms with E-state index in [2.05, 4.69) is 29.9 Å². The van der Waals surface area contributed by atoms with Gasteiger partial charge in [-0.2, -0.15) is 11.8 Å². The number of rotatable bonds is 6. The van der Waals surface area contributed by atoms with Crippen LogP contribution in [0.5, 0.6) is 0 Å². The second kappa shape index (κ2) is 6.64. The van der Waals surface area contributed by atoms with Crippen LogP contribution in [0, 0.1) is 0 Å². The minimum Gasteiger partial charge on any atom is -0.326 e. The molecule has 2 N–H and O–H groups in total. The van der Waals surface area contributed by atoms with Crippen molar-refractivity contribution >= 4 is 23.4 Å². The summed E-state index contributed by atoms with van der Waals surface area (Å²) in [5, 5.41) is 6.47. The molecule has 1 unspecified atom stereocenters. The van der Waals surface area contributed by atoms with E-state index in [9.17, 15) is 4.79 Å². The third-order valence-corrected chi connectivity index (χ3v) is 5.55. The van der Waals surface area contributed by atoms with Crippen molar-refractivity contribution in [2.45, 2.75) is 43.9 Å². The molecule has 0 bridgehead atoms. The Labute approximate surface area is 125 Å². The van der Waals surface area contributed by atoms with Crippen LogP contribution in [0.15, 0.2) is 24.3 Å². The Kier molecular flexibility index (Phi) is 5.11. The van der Waals surface area contributed by atoms with Crippen LogP contribution in [0.3, 0.4) is 0 Å². The molecular weight excluding hydrogens is 268 g/mol. The van der Waals surface area contributed by atoms with E-state index < -0.39 is 0 Å². The molecule has 1 atom stereocenters. The molecule has 1 aliphatic carbocycles. The molecule has 20 heavy (non-hydrogen) atoms. The van der Waals surface area contributed by atoms with Crippen LogP contribution in [0.2, 0.25) is 0 Å². The van der Waals surface area contributed by atoms with Gasteiger partial charge < -0.3 is 10.6 Å². The zero-order chi connectivity index (χ0) is 14.6. The summed E-state index contributed by atoms with van der Waals surface area (Å²) in [6.07, 6.45) is 6.21. The molecule has 2 rings (SSSR count). The molecule has 1 amide bonds. The van der Waals surface area contributed by atoms with Crippen molar-refractivity contribution in [1.29, 1.82) is 0 Å². The van der Waals surface area contributed by atoms with E-state index in [1.165, 1.54) is 31.7 Å². The molecule has 0 aliphatic heterocycles. The Bertz CT molecular complexity index is 466. The lowest BCUT2D eigenvalue weighted by Gasteiger charge is -2.41. The SMILES string of the molecule is CSC1(CNC(C)c2cccc(NC(C)=O)c2)CCC1. The monoisotopic (exact) mass is 292 g/mol. The Morgan fingerprint density at radius 1 is 1.45 bits per heavy atom. The molecule has 4 heteroatoms. The summed E-state index contributed by atoms with van der Waals surface area (Å²) < 4.78 is 0.448. The Hall–Kier alpha value is -1.00. The maximum absolute atomic E-state index is 11.1. The Balaban J connectivity index is 1.94. The van der Waals surface area contributed by atoms with Gasteiger partial charge in [-0.25, -0.2) is 0 Å². The number of nitrogens with one attached hydrogen (secondary N) is 2. The third kappa shape index (κ3) is 3.76. The predicted octanol–water partition coefficient (Wildman–Crippen LogP) is 3.58. The molecule has 0 saturated heterocycles. The van der Waals surface area contributed by atoms with E-state index >= 15 is 0 Å². The molecule has 3 nitrogen and oxygen atoms in total. The topological polar surface area (TPSA) is 41.1 Å². The lowest BCUT2D eigenvalue weighted by molar-refractivity contribution is -0.114. The largest absolute Gasteiger partial charge is 0.326 e. The summed E-state index contributed by atoms with van der Waals surface area (Å²) in [5.74, 6) is -0.0291. The van der Waals surface area contributed by atoms with Crippen LogP contribution in [-0.2, 0) is 4.79 Å². The van der Waals surface area contributed by atoms with Crippen molar-refractivity contribution in [3.05, 3.63) is 29.8 Å². The highest BCUT2D eigenvalue weighted by atomic mass is 32.2. The Morgan fingerprint density at radius 2 is 2.20 bits per heavy atom. The first-order valence-electron chi connectivity index (χ1n) is 7.21. The van der Waals surface area contributed by atoms with Crippen molar-refractivity contribution in [3.63, 3.8) is 0 Å². The van der Waals surface area contributed by atoms with Crippen molar-refractivity contribution in [3.8, 4) is 0 Å². The van der Waals surface area contributed by atoms with E-state index in [-0.39, 0.29) is 5.91 Å². The van der Waals surface area contributed by atoms with Gasteiger partial charge in [-0.15, -0.1) is 0 Å². The smallest absolute Gasteiger partial charge is 0.221 e. The molecule has 1 aliphatic rings. The van der Waals surface area contributed by atoms with Crippen molar-refractivity contribution < 1.29 is 4.79 Å². The molecule has 0 radical (unpaired) electrons. The molecular formula is C16H24N2OS. The summed E-state index contributed by atoms with van der Waals surface area (Å²) in [7, 11) is 0. The molecule has 1 fully saturated rings. The molecule has 110 valence electrons. The number of hydrogen-bond acceptors (Lipinski definition) is 3. The fourth-order valence-electron chi connectivity index (χ4n) is 2.57. The normalized spacial score (nSPS) is 18.1. The number of benzene rings is 1. The van der Waals surface area contributed by atoms with E-state index in [1.54, 1.807) is 0 Å². The molecule has 1 saturated carbocycles. The quantitative estimate of drug-likeness (QED) is 0.842. The first-order valence-corrected chi connectivity index (χ1v) is 8.43. The fourth-order valence-corrected chi connectivity index (χ4v) is 3.49. The zero-order valence-corrected chi connectivity index (χ0v) is 13.3. The van der Waals surface area contributed by atoms with Crippen LogP contribution >= 0.6 is 11.8 Å². The van der Waals surface area contributed by atoms with E-state index in [4.69, 9.17) is 0 Å². The van der Waals surface area contributed by atoms with Crippen molar-refractivity contribution in [1.82, 2.24) is 5.32 Å². The van der Waals surface area contributed by atoms with E-state index in [1.807, 2.05) is 30.0 Å². The third-order valence-electron chi connectivity index (χ3n) is 4.14. The zero-order valence-electron chi connectivity index (χ0n) is 12.5. The van der Waals surface area contributed by atoms with Crippen LogP contribution < -0.4 is 10.6 Å². The van der Waals surface area contributed by atoms with Crippen molar-refractivity contribution in [2.75, 3.05) is 18.1 Å². The predicted molar refractivity (Wildman–Crippen MR) is 87.3 cm³/mol. The van der Waals surface area contributed by atoms with Gasteiger partial charge in [0.1, 0.15) is 0 Å². The average molecular weight is 292 g/mol. The second-order valence-electron chi connectivity index (χ2n) is 5.65. The molecule has 1 aromatic carbocycles. The lowest BCUT2D eigenvalue weighted by atomic mass is 9.84. The minimum atomic E-state index is -0.0291. The van der Waals surface area contributed by atoms with Crippen LogP contribution in [0.1, 0.15) is 44.7 Å².